The van der Waals surface area contributed by atoms with E-state index in [0.717, 1.165) is 22.4 Å². The lowest BCUT2D eigenvalue weighted by Gasteiger charge is -2.08. The quantitative estimate of drug-likeness (QED) is 0.749. The molecule has 128 valence electrons. The number of hydrogen-bond acceptors (Lipinski definition) is 4. The van der Waals surface area contributed by atoms with E-state index in [9.17, 15) is 9.90 Å². The van der Waals surface area contributed by atoms with Gasteiger partial charge in [-0.1, -0.05) is 47.2 Å². The molecule has 0 unspecified atom stereocenters. The summed E-state index contributed by atoms with van der Waals surface area (Å²) < 4.78 is 1.65. The summed E-state index contributed by atoms with van der Waals surface area (Å²) in [7, 11) is 0. The van der Waals surface area contributed by atoms with Crippen LogP contribution in [0.5, 0.6) is 0 Å². The largest absolute Gasteiger partial charge is 0.392 e. The Kier molecular flexibility index (Phi) is 4.90. The van der Waals surface area contributed by atoms with Crippen LogP contribution in [0, 0.1) is 13.8 Å². The lowest BCUT2D eigenvalue weighted by atomic mass is 10.1. The second-order valence-corrected chi connectivity index (χ2v) is 5.88. The van der Waals surface area contributed by atoms with E-state index in [4.69, 9.17) is 0 Å². The van der Waals surface area contributed by atoms with Crippen LogP contribution in [0.15, 0.2) is 48.5 Å². The first kappa shape index (κ1) is 16.9. The third-order valence-electron chi connectivity index (χ3n) is 4.12. The molecule has 25 heavy (non-hydrogen) atoms. The maximum Gasteiger partial charge on any atom is 0.274 e. The fraction of sp³-hybridized carbons (Fsp3) is 0.211. The van der Waals surface area contributed by atoms with Crippen LogP contribution in [0.1, 0.15) is 32.9 Å². The van der Waals surface area contributed by atoms with E-state index in [1.54, 1.807) is 4.68 Å². The Balaban J connectivity index is 1.76. The van der Waals surface area contributed by atoms with Crippen LogP contribution in [0.2, 0.25) is 0 Å². The molecule has 0 atom stereocenters. The normalized spacial score (nSPS) is 10.7. The van der Waals surface area contributed by atoms with E-state index in [1.807, 2.05) is 62.4 Å². The zero-order chi connectivity index (χ0) is 17.8. The molecule has 0 aliphatic rings. The second kappa shape index (κ2) is 7.27. The summed E-state index contributed by atoms with van der Waals surface area (Å²) in [5.74, 6) is -0.288. The predicted octanol–water partition coefficient (Wildman–Crippen LogP) is 2.31. The molecule has 0 aliphatic heterocycles. The molecule has 0 saturated carbocycles. The highest BCUT2D eigenvalue weighted by Crippen LogP contribution is 2.14. The zero-order valence-corrected chi connectivity index (χ0v) is 14.2. The summed E-state index contributed by atoms with van der Waals surface area (Å²) in [5.41, 5.74) is 4.66. The first-order valence-corrected chi connectivity index (χ1v) is 8.05. The molecule has 1 heterocycles. The monoisotopic (exact) mass is 336 g/mol. The van der Waals surface area contributed by atoms with Gasteiger partial charge in [0.1, 0.15) is 0 Å². The Labute approximate surface area is 146 Å². The number of carbonyl (C=O) groups is 1. The van der Waals surface area contributed by atoms with E-state index < -0.39 is 0 Å². The number of aliphatic hydroxyl groups is 1. The number of carbonyl (C=O) groups excluding carboxylic acids is 1. The van der Waals surface area contributed by atoms with Gasteiger partial charge in [-0.05, 0) is 37.1 Å². The maximum absolute atomic E-state index is 12.4. The molecule has 3 rings (SSSR count). The molecule has 0 bridgehead atoms. The molecular formula is C19H20N4O2. The topological polar surface area (TPSA) is 80.0 Å². The van der Waals surface area contributed by atoms with Crippen molar-refractivity contribution in [2.75, 3.05) is 0 Å². The molecule has 0 saturated heterocycles. The molecule has 0 spiro atoms. The van der Waals surface area contributed by atoms with Gasteiger partial charge in [0.2, 0.25) is 0 Å². The number of benzene rings is 2. The van der Waals surface area contributed by atoms with Crippen LogP contribution >= 0.6 is 0 Å². The van der Waals surface area contributed by atoms with E-state index in [0.29, 0.717) is 17.9 Å². The minimum atomic E-state index is -0.288. The molecule has 1 aromatic heterocycles. The number of aryl methyl sites for hydroxylation is 1. The van der Waals surface area contributed by atoms with Crippen LogP contribution in [0.4, 0.5) is 0 Å². The van der Waals surface area contributed by atoms with Gasteiger partial charge in [0.25, 0.3) is 5.91 Å². The van der Waals surface area contributed by atoms with Gasteiger partial charge in [-0.15, -0.1) is 5.10 Å². The third kappa shape index (κ3) is 3.59. The molecule has 0 fully saturated rings. The summed E-state index contributed by atoms with van der Waals surface area (Å²) in [6.45, 7) is 4.10. The molecule has 2 aromatic carbocycles. The Morgan fingerprint density at radius 1 is 1.08 bits per heavy atom. The average molecular weight is 336 g/mol. The average Bonchev–Trinajstić information content (AvgIpc) is 3.02. The van der Waals surface area contributed by atoms with Crippen molar-refractivity contribution in [1.82, 2.24) is 20.3 Å². The van der Waals surface area contributed by atoms with Gasteiger partial charge < -0.3 is 10.4 Å². The molecular weight excluding hydrogens is 316 g/mol. The SMILES string of the molecule is Cc1ccc(-n2nnc(C(=O)NCc3ccccc3CO)c2C)cc1. The van der Waals surface area contributed by atoms with E-state index >= 15 is 0 Å². The smallest absolute Gasteiger partial charge is 0.274 e. The fourth-order valence-corrected chi connectivity index (χ4v) is 2.61. The Bertz CT molecular complexity index is 885. The Morgan fingerprint density at radius 3 is 2.44 bits per heavy atom. The Hall–Kier alpha value is -2.99. The highest BCUT2D eigenvalue weighted by atomic mass is 16.3. The summed E-state index contributed by atoms with van der Waals surface area (Å²) in [4.78, 5) is 12.4. The van der Waals surface area contributed by atoms with Gasteiger partial charge in [0, 0.05) is 6.54 Å². The number of nitrogens with one attached hydrogen (secondary N) is 1. The standard InChI is InChI=1S/C19H20N4O2/c1-13-7-9-17(10-8-13)23-14(2)18(21-22-23)19(25)20-11-15-5-3-4-6-16(15)12-24/h3-10,24H,11-12H2,1-2H3,(H,20,25). The van der Waals surface area contributed by atoms with Crippen molar-refractivity contribution in [2.45, 2.75) is 27.0 Å². The van der Waals surface area contributed by atoms with Gasteiger partial charge in [-0.3, -0.25) is 4.79 Å². The van der Waals surface area contributed by atoms with Crippen LogP contribution in [-0.2, 0) is 13.2 Å². The lowest BCUT2D eigenvalue weighted by molar-refractivity contribution is 0.0945. The van der Waals surface area contributed by atoms with Gasteiger partial charge in [0.15, 0.2) is 5.69 Å². The van der Waals surface area contributed by atoms with Crippen molar-refractivity contribution >= 4 is 5.91 Å². The molecule has 0 aliphatic carbocycles. The summed E-state index contributed by atoms with van der Waals surface area (Å²) >= 11 is 0. The minimum absolute atomic E-state index is 0.0608. The summed E-state index contributed by atoms with van der Waals surface area (Å²) in [6, 6.07) is 15.3. The van der Waals surface area contributed by atoms with Crippen molar-refractivity contribution in [1.29, 1.82) is 0 Å². The summed E-state index contributed by atoms with van der Waals surface area (Å²) in [6.07, 6.45) is 0. The highest BCUT2D eigenvalue weighted by molar-refractivity contribution is 5.93. The molecule has 3 aromatic rings. The number of rotatable bonds is 5. The first-order chi connectivity index (χ1) is 12.1. The van der Waals surface area contributed by atoms with Gasteiger partial charge >= 0.3 is 0 Å². The molecule has 6 heteroatoms. The molecule has 2 N–H and O–H groups in total. The predicted molar refractivity (Wildman–Crippen MR) is 94.4 cm³/mol. The van der Waals surface area contributed by atoms with E-state index in [-0.39, 0.29) is 12.5 Å². The Morgan fingerprint density at radius 2 is 1.76 bits per heavy atom. The van der Waals surface area contributed by atoms with Crippen molar-refractivity contribution in [2.24, 2.45) is 0 Å². The van der Waals surface area contributed by atoms with Gasteiger partial charge in [-0.2, -0.15) is 0 Å². The maximum atomic E-state index is 12.4. The van der Waals surface area contributed by atoms with Crippen molar-refractivity contribution in [3.8, 4) is 5.69 Å². The molecule has 6 nitrogen and oxygen atoms in total. The van der Waals surface area contributed by atoms with Crippen molar-refractivity contribution < 1.29 is 9.90 Å². The van der Waals surface area contributed by atoms with E-state index in [1.165, 1.54) is 0 Å². The van der Waals surface area contributed by atoms with Crippen LogP contribution in [-0.4, -0.2) is 26.0 Å². The minimum Gasteiger partial charge on any atom is -0.392 e. The number of aliphatic hydroxyl groups excluding tert-OH is 1. The molecule has 1 amide bonds. The van der Waals surface area contributed by atoms with Gasteiger partial charge in [-0.25, -0.2) is 4.68 Å². The van der Waals surface area contributed by atoms with Crippen LogP contribution in [0.3, 0.4) is 0 Å². The van der Waals surface area contributed by atoms with Crippen molar-refractivity contribution in [3.63, 3.8) is 0 Å². The highest BCUT2D eigenvalue weighted by Gasteiger charge is 2.17. The lowest BCUT2D eigenvalue weighted by Crippen LogP contribution is -2.24. The second-order valence-electron chi connectivity index (χ2n) is 5.88. The van der Waals surface area contributed by atoms with E-state index in [2.05, 4.69) is 15.6 Å². The number of amides is 1. The summed E-state index contributed by atoms with van der Waals surface area (Å²) in [5, 5.41) is 20.3. The fourth-order valence-electron chi connectivity index (χ4n) is 2.61. The zero-order valence-electron chi connectivity index (χ0n) is 14.2. The number of nitrogens with zero attached hydrogens (tertiary/aromatic N) is 3. The number of aromatic nitrogens is 3. The third-order valence-corrected chi connectivity index (χ3v) is 4.12. The number of hydrogen-bond donors (Lipinski definition) is 2. The van der Waals surface area contributed by atoms with Crippen LogP contribution in [0.25, 0.3) is 5.69 Å². The molecule has 0 radical (unpaired) electrons. The van der Waals surface area contributed by atoms with Crippen molar-refractivity contribution in [3.05, 3.63) is 76.6 Å². The van der Waals surface area contributed by atoms with Gasteiger partial charge in [0.05, 0.1) is 18.0 Å². The first-order valence-electron chi connectivity index (χ1n) is 8.05. The van der Waals surface area contributed by atoms with Crippen LogP contribution < -0.4 is 5.32 Å².